The Morgan fingerprint density at radius 2 is 2.10 bits per heavy atom. The van der Waals surface area contributed by atoms with Gasteiger partial charge in [-0.15, -0.1) is 11.3 Å². The molecule has 4 nitrogen and oxygen atoms in total. The van der Waals surface area contributed by atoms with E-state index in [1.54, 1.807) is 11.3 Å². The summed E-state index contributed by atoms with van der Waals surface area (Å²) in [5.41, 5.74) is 1.30. The summed E-state index contributed by atoms with van der Waals surface area (Å²) < 4.78 is 0. The van der Waals surface area contributed by atoms with E-state index < -0.39 is 0 Å². The minimum Gasteiger partial charge on any atom is -0.396 e. The minimum atomic E-state index is 0.281. The van der Waals surface area contributed by atoms with E-state index in [2.05, 4.69) is 34.1 Å². The Kier molecular flexibility index (Phi) is 4.33. The zero-order chi connectivity index (χ0) is 15.0. The number of aliphatic hydroxyl groups excluding tert-OH is 1. The van der Waals surface area contributed by atoms with Crippen LogP contribution in [0.25, 0.3) is 10.2 Å². The van der Waals surface area contributed by atoms with Crippen molar-refractivity contribution in [3.05, 3.63) is 16.2 Å². The van der Waals surface area contributed by atoms with Gasteiger partial charge in [-0.2, -0.15) is 4.98 Å². The van der Waals surface area contributed by atoms with E-state index in [4.69, 9.17) is 11.6 Å². The number of nitrogens with zero attached hydrogens (tertiary/aromatic N) is 3. The maximum Gasteiger partial charge on any atom is 0.225 e. The quantitative estimate of drug-likeness (QED) is 0.875. The molecule has 21 heavy (non-hydrogen) atoms. The first-order chi connectivity index (χ1) is 10.1. The van der Waals surface area contributed by atoms with Gasteiger partial charge in [0.2, 0.25) is 5.28 Å². The average molecular weight is 326 g/mol. The summed E-state index contributed by atoms with van der Waals surface area (Å²) in [5.74, 6) is 1.82. The van der Waals surface area contributed by atoms with Crippen molar-refractivity contribution < 1.29 is 5.11 Å². The van der Waals surface area contributed by atoms with E-state index in [0.29, 0.717) is 17.1 Å². The molecule has 0 spiro atoms. The van der Waals surface area contributed by atoms with Crippen LogP contribution < -0.4 is 4.90 Å². The second-order valence-corrected chi connectivity index (χ2v) is 7.15. The molecule has 0 radical (unpaired) electrons. The number of aliphatic hydroxyl groups is 1. The second kappa shape index (κ2) is 6.07. The summed E-state index contributed by atoms with van der Waals surface area (Å²) in [6.45, 7) is 6.50. The second-order valence-electron chi connectivity index (χ2n) is 5.96. The van der Waals surface area contributed by atoms with Crippen molar-refractivity contribution in [2.45, 2.75) is 32.6 Å². The lowest BCUT2D eigenvalue weighted by molar-refractivity contribution is 0.203. The van der Waals surface area contributed by atoms with Gasteiger partial charge in [0.05, 0.1) is 5.39 Å². The first-order valence-corrected chi connectivity index (χ1v) is 8.66. The van der Waals surface area contributed by atoms with E-state index >= 15 is 0 Å². The Morgan fingerprint density at radius 1 is 1.38 bits per heavy atom. The number of thiophene rings is 1. The first kappa shape index (κ1) is 15.0. The predicted octanol–water partition coefficient (Wildman–Crippen LogP) is 3.68. The highest BCUT2D eigenvalue weighted by atomic mass is 35.5. The lowest BCUT2D eigenvalue weighted by atomic mass is 9.97. The number of aromatic nitrogens is 2. The van der Waals surface area contributed by atoms with Crippen molar-refractivity contribution in [1.29, 1.82) is 0 Å². The number of fused-ring (bicyclic) bond motifs is 1. The molecular weight excluding hydrogens is 306 g/mol. The number of anilines is 1. The molecule has 0 saturated carbocycles. The Balaban J connectivity index is 2.02. The molecule has 0 atom stereocenters. The highest BCUT2D eigenvalue weighted by molar-refractivity contribution is 7.17. The van der Waals surface area contributed by atoms with Crippen LogP contribution in [0.1, 0.15) is 38.2 Å². The summed E-state index contributed by atoms with van der Waals surface area (Å²) in [6.07, 6.45) is 2.00. The number of rotatable bonds is 3. The lowest BCUT2D eigenvalue weighted by Gasteiger charge is -2.32. The molecule has 1 fully saturated rings. The van der Waals surface area contributed by atoms with Crippen LogP contribution >= 0.6 is 22.9 Å². The van der Waals surface area contributed by atoms with Crippen LogP contribution in [0.15, 0.2) is 5.38 Å². The van der Waals surface area contributed by atoms with Crippen LogP contribution in [0, 0.1) is 5.92 Å². The molecule has 1 aliphatic heterocycles. The van der Waals surface area contributed by atoms with Crippen molar-refractivity contribution >= 4 is 39.0 Å². The fraction of sp³-hybridized carbons (Fsp3) is 0.600. The normalized spacial score (nSPS) is 17.1. The van der Waals surface area contributed by atoms with Crippen molar-refractivity contribution in [2.75, 3.05) is 24.6 Å². The third-order valence-corrected chi connectivity index (χ3v) is 5.27. The third-order valence-electron chi connectivity index (χ3n) is 4.21. The molecular formula is C15H20ClN3OS. The average Bonchev–Trinajstić information content (AvgIpc) is 2.90. The fourth-order valence-electron chi connectivity index (χ4n) is 2.90. The van der Waals surface area contributed by atoms with Gasteiger partial charge in [-0.3, -0.25) is 0 Å². The Hall–Kier alpha value is -0.910. The maximum absolute atomic E-state index is 9.28. The summed E-state index contributed by atoms with van der Waals surface area (Å²) in [7, 11) is 0. The van der Waals surface area contributed by atoms with Crippen LogP contribution in [0.3, 0.4) is 0 Å². The zero-order valence-corrected chi connectivity index (χ0v) is 13.9. The van der Waals surface area contributed by atoms with Gasteiger partial charge in [-0.05, 0) is 47.2 Å². The maximum atomic E-state index is 9.28. The molecule has 6 heteroatoms. The van der Waals surface area contributed by atoms with Gasteiger partial charge in [0, 0.05) is 19.7 Å². The molecule has 0 unspecified atom stereocenters. The minimum absolute atomic E-state index is 0.281. The molecule has 2 aromatic rings. The Bertz CT molecular complexity index is 635. The molecule has 0 amide bonds. The van der Waals surface area contributed by atoms with E-state index in [-0.39, 0.29) is 6.61 Å². The molecule has 3 rings (SSSR count). The Labute approximate surface area is 133 Å². The van der Waals surface area contributed by atoms with Crippen LogP contribution in [-0.2, 0) is 0 Å². The molecule has 1 saturated heterocycles. The topological polar surface area (TPSA) is 49.2 Å². The molecule has 0 aromatic carbocycles. The van der Waals surface area contributed by atoms with Crippen molar-refractivity contribution in [2.24, 2.45) is 5.92 Å². The molecule has 1 N–H and O–H groups in total. The lowest BCUT2D eigenvalue weighted by Crippen LogP contribution is -2.35. The molecule has 2 aromatic heterocycles. The van der Waals surface area contributed by atoms with Gasteiger partial charge >= 0.3 is 0 Å². The van der Waals surface area contributed by atoms with Crippen molar-refractivity contribution in [3.63, 3.8) is 0 Å². The van der Waals surface area contributed by atoms with E-state index in [0.717, 1.165) is 42.0 Å². The Morgan fingerprint density at radius 3 is 2.71 bits per heavy atom. The predicted molar refractivity (Wildman–Crippen MR) is 88.5 cm³/mol. The van der Waals surface area contributed by atoms with Crippen LogP contribution in [0.4, 0.5) is 5.82 Å². The highest BCUT2D eigenvalue weighted by Gasteiger charge is 2.24. The molecule has 0 aliphatic carbocycles. The largest absolute Gasteiger partial charge is 0.396 e. The summed E-state index contributed by atoms with van der Waals surface area (Å²) >= 11 is 7.74. The summed E-state index contributed by atoms with van der Waals surface area (Å²) in [5, 5.41) is 12.9. The van der Waals surface area contributed by atoms with Gasteiger partial charge in [-0.25, -0.2) is 4.98 Å². The van der Waals surface area contributed by atoms with Gasteiger partial charge in [-0.1, -0.05) is 13.8 Å². The van der Waals surface area contributed by atoms with Gasteiger partial charge < -0.3 is 10.0 Å². The van der Waals surface area contributed by atoms with Crippen molar-refractivity contribution in [1.82, 2.24) is 9.97 Å². The molecule has 1 aliphatic rings. The van der Waals surface area contributed by atoms with Crippen LogP contribution in [-0.4, -0.2) is 34.8 Å². The SMILES string of the molecule is CC(C)c1csc2nc(Cl)nc(N3CCC(CO)CC3)c12. The summed E-state index contributed by atoms with van der Waals surface area (Å²) in [4.78, 5) is 12.1. The van der Waals surface area contributed by atoms with Gasteiger partial charge in [0.25, 0.3) is 0 Å². The third kappa shape index (κ3) is 2.87. The van der Waals surface area contributed by atoms with Crippen LogP contribution in [0.2, 0.25) is 5.28 Å². The van der Waals surface area contributed by atoms with Gasteiger partial charge in [0.1, 0.15) is 10.6 Å². The zero-order valence-electron chi connectivity index (χ0n) is 12.3. The first-order valence-electron chi connectivity index (χ1n) is 7.40. The number of hydrogen-bond donors (Lipinski definition) is 1. The van der Waals surface area contributed by atoms with E-state index in [9.17, 15) is 5.11 Å². The molecule has 114 valence electrons. The monoisotopic (exact) mass is 325 g/mol. The standard InChI is InChI=1S/C15H20ClN3OS/c1-9(2)11-8-21-14-12(11)13(17-15(16)18-14)19-5-3-10(7-20)4-6-19/h8-10,20H,3-7H2,1-2H3. The van der Waals surface area contributed by atoms with Crippen LogP contribution in [0.5, 0.6) is 0 Å². The fourth-order valence-corrected chi connectivity index (χ4v) is 4.21. The number of piperidine rings is 1. The number of hydrogen-bond acceptors (Lipinski definition) is 5. The molecule has 0 bridgehead atoms. The molecule has 3 heterocycles. The smallest absolute Gasteiger partial charge is 0.225 e. The van der Waals surface area contributed by atoms with E-state index in [1.165, 1.54) is 5.56 Å². The van der Waals surface area contributed by atoms with E-state index in [1.807, 2.05) is 0 Å². The van der Waals surface area contributed by atoms with Gasteiger partial charge in [0.15, 0.2) is 0 Å². The number of halogens is 1. The van der Waals surface area contributed by atoms with Crippen molar-refractivity contribution in [3.8, 4) is 0 Å². The highest BCUT2D eigenvalue weighted by Crippen LogP contribution is 2.37. The summed E-state index contributed by atoms with van der Waals surface area (Å²) in [6, 6.07) is 0.